The van der Waals surface area contributed by atoms with E-state index in [4.69, 9.17) is 9.47 Å². The van der Waals surface area contributed by atoms with Gasteiger partial charge in [-0.2, -0.15) is 18.3 Å². The lowest BCUT2D eigenvalue weighted by Gasteiger charge is -2.12. The van der Waals surface area contributed by atoms with Crippen molar-refractivity contribution < 1.29 is 32.2 Å². The normalized spacial score (nSPS) is 12.7. The number of aryl methyl sites for hydroxylation is 1. The van der Waals surface area contributed by atoms with E-state index in [0.717, 1.165) is 17.8 Å². The number of benzene rings is 2. The Labute approximate surface area is 196 Å². The van der Waals surface area contributed by atoms with Crippen molar-refractivity contribution in [1.82, 2.24) is 14.6 Å². The number of rotatable bonds is 4. The Hall–Kier alpha value is -4.41. The molecular formula is C24H17F3N4O4. The molecule has 0 spiro atoms. The molecular weight excluding hydrogens is 465 g/mol. The summed E-state index contributed by atoms with van der Waals surface area (Å²) in [4.78, 5) is 29.6. The average Bonchev–Trinajstić information content (AvgIpc) is 3.44. The third-order valence-corrected chi connectivity index (χ3v) is 5.49. The number of aromatic nitrogens is 3. The topological polar surface area (TPSA) is 94.8 Å². The third kappa shape index (κ3) is 4.05. The lowest BCUT2D eigenvalue weighted by molar-refractivity contribution is -0.142. The molecule has 1 N–H and O–H groups in total. The standard InChI is InChI=1S/C24H17F3N4O4/c1-12-3-5-14(6-4-12)17-9-21(24(25,26)27)31-22(29-17)16(10-28-31)23(33)30-18-8-20-19(34-11-35-20)7-15(18)13(2)32/h3-10H,11H2,1-2H3,(H,30,33). The predicted octanol–water partition coefficient (Wildman–Crippen LogP) is 4.91. The fourth-order valence-corrected chi connectivity index (χ4v) is 3.72. The fraction of sp³-hybridized carbons (Fsp3) is 0.167. The molecule has 0 saturated carbocycles. The first-order chi connectivity index (χ1) is 16.6. The lowest BCUT2D eigenvalue weighted by Crippen LogP contribution is -2.16. The number of nitrogens with one attached hydrogen (secondary N) is 1. The lowest BCUT2D eigenvalue weighted by atomic mass is 10.1. The highest BCUT2D eigenvalue weighted by atomic mass is 19.4. The van der Waals surface area contributed by atoms with Gasteiger partial charge in [0.15, 0.2) is 28.6 Å². The van der Waals surface area contributed by atoms with E-state index >= 15 is 0 Å². The zero-order chi connectivity index (χ0) is 24.9. The van der Waals surface area contributed by atoms with Crippen LogP contribution in [0.2, 0.25) is 0 Å². The van der Waals surface area contributed by atoms with Crippen LogP contribution in [0.3, 0.4) is 0 Å². The molecule has 2 aromatic carbocycles. The summed E-state index contributed by atoms with van der Waals surface area (Å²) in [5.74, 6) is -0.464. The van der Waals surface area contributed by atoms with Gasteiger partial charge in [0.1, 0.15) is 5.56 Å². The molecule has 3 heterocycles. The second kappa shape index (κ2) is 8.12. The number of carbonyl (C=O) groups is 2. The molecule has 178 valence electrons. The first-order valence-corrected chi connectivity index (χ1v) is 10.4. The molecule has 1 aliphatic heterocycles. The quantitative estimate of drug-likeness (QED) is 0.416. The summed E-state index contributed by atoms with van der Waals surface area (Å²) >= 11 is 0. The highest BCUT2D eigenvalue weighted by Gasteiger charge is 2.36. The van der Waals surface area contributed by atoms with E-state index in [1.54, 1.807) is 24.3 Å². The largest absolute Gasteiger partial charge is 0.454 e. The number of carbonyl (C=O) groups excluding carboxylic acids is 2. The number of ether oxygens (including phenoxy) is 2. The first-order valence-electron chi connectivity index (χ1n) is 10.4. The van der Waals surface area contributed by atoms with Gasteiger partial charge < -0.3 is 14.8 Å². The van der Waals surface area contributed by atoms with Crippen LogP contribution in [-0.2, 0) is 6.18 Å². The minimum atomic E-state index is -4.75. The van der Waals surface area contributed by atoms with E-state index < -0.39 is 17.8 Å². The number of fused-ring (bicyclic) bond motifs is 2. The SMILES string of the molecule is CC(=O)c1cc2c(cc1NC(=O)c1cnn3c(C(F)(F)F)cc(-c4ccc(C)cc4)nc13)OCO2. The van der Waals surface area contributed by atoms with E-state index in [2.05, 4.69) is 15.4 Å². The number of nitrogens with zero attached hydrogens (tertiary/aromatic N) is 3. The fourth-order valence-electron chi connectivity index (χ4n) is 3.72. The molecule has 0 unspecified atom stereocenters. The number of hydrogen-bond acceptors (Lipinski definition) is 6. The van der Waals surface area contributed by atoms with Crippen LogP contribution in [0.5, 0.6) is 11.5 Å². The smallest absolute Gasteiger partial charge is 0.433 e. The number of hydrogen-bond donors (Lipinski definition) is 1. The maximum atomic E-state index is 13.9. The van der Waals surface area contributed by atoms with Crippen LogP contribution >= 0.6 is 0 Å². The predicted molar refractivity (Wildman–Crippen MR) is 119 cm³/mol. The van der Waals surface area contributed by atoms with Crippen LogP contribution in [0.1, 0.15) is 38.9 Å². The van der Waals surface area contributed by atoms with Crippen LogP contribution in [-0.4, -0.2) is 33.1 Å². The van der Waals surface area contributed by atoms with Crippen molar-refractivity contribution in [1.29, 1.82) is 0 Å². The zero-order valence-corrected chi connectivity index (χ0v) is 18.4. The highest BCUT2D eigenvalue weighted by molar-refractivity contribution is 6.12. The molecule has 0 saturated heterocycles. The van der Waals surface area contributed by atoms with Crippen molar-refractivity contribution in [3.8, 4) is 22.8 Å². The number of ketones is 1. The second-order valence-electron chi connectivity index (χ2n) is 7.95. The Bertz CT molecular complexity index is 1490. The van der Waals surface area contributed by atoms with Gasteiger partial charge in [0.2, 0.25) is 6.79 Å². The van der Waals surface area contributed by atoms with Gasteiger partial charge in [0, 0.05) is 17.2 Å². The highest BCUT2D eigenvalue weighted by Crippen LogP contribution is 2.38. The van der Waals surface area contributed by atoms with Crippen LogP contribution in [0.4, 0.5) is 18.9 Å². The maximum absolute atomic E-state index is 13.9. The first kappa shape index (κ1) is 22.4. The molecule has 8 nitrogen and oxygen atoms in total. The molecule has 1 amide bonds. The number of halogens is 3. The van der Waals surface area contributed by atoms with Gasteiger partial charge in [-0.3, -0.25) is 9.59 Å². The molecule has 0 radical (unpaired) electrons. The molecule has 2 aromatic heterocycles. The molecule has 0 fully saturated rings. The second-order valence-corrected chi connectivity index (χ2v) is 7.95. The minimum absolute atomic E-state index is 0.0341. The minimum Gasteiger partial charge on any atom is -0.454 e. The Balaban J connectivity index is 1.61. The van der Waals surface area contributed by atoms with E-state index in [9.17, 15) is 22.8 Å². The summed E-state index contributed by atoms with van der Waals surface area (Å²) in [7, 11) is 0. The molecule has 5 rings (SSSR count). The van der Waals surface area contributed by atoms with Gasteiger partial charge in [0.05, 0.1) is 17.6 Å². The monoisotopic (exact) mass is 482 g/mol. The van der Waals surface area contributed by atoms with Gasteiger partial charge >= 0.3 is 6.18 Å². The zero-order valence-electron chi connectivity index (χ0n) is 18.4. The molecule has 11 heteroatoms. The van der Waals surface area contributed by atoms with Gasteiger partial charge in [-0.25, -0.2) is 9.50 Å². The van der Waals surface area contributed by atoms with Crippen LogP contribution in [0.25, 0.3) is 16.9 Å². The average molecular weight is 482 g/mol. The number of amides is 1. The molecule has 4 aromatic rings. The number of alkyl halides is 3. The van der Waals surface area contributed by atoms with Gasteiger partial charge in [-0.1, -0.05) is 29.8 Å². The molecule has 0 aliphatic carbocycles. The van der Waals surface area contributed by atoms with Gasteiger partial charge in [-0.05, 0) is 26.0 Å². The van der Waals surface area contributed by atoms with Crippen LogP contribution in [0.15, 0.2) is 48.7 Å². The van der Waals surface area contributed by atoms with E-state index in [-0.39, 0.29) is 40.7 Å². The Morgan fingerprint density at radius 3 is 2.37 bits per heavy atom. The molecule has 0 bridgehead atoms. The summed E-state index contributed by atoms with van der Waals surface area (Å²) in [5, 5.41) is 6.34. The van der Waals surface area contributed by atoms with Crippen molar-refractivity contribution in [2.24, 2.45) is 0 Å². The van der Waals surface area contributed by atoms with Crippen molar-refractivity contribution in [3.63, 3.8) is 0 Å². The Morgan fingerprint density at radius 2 is 1.71 bits per heavy atom. The molecule has 1 aliphatic rings. The molecule has 0 atom stereocenters. The van der Waals surface area contributed by atoms with Crippen molar-refractivity contribution in [2.75, 3.05) is 12.1 Å². The summed E-state index contributed by atoms with van der Waals surface area (Å²) < 4.78 is 52.7. The summed E-state index contributed by atoms with van der Waals surface area (Å²) in [6.45, 7) is 3.13. The van der Waals surface area contributed by atoms with Crippen molar-refractivity contribution in [2.45, 2.75) is 20.0 Å². The van der Waals surface area contributed by atoms with E-state index in [1.807, 2.05) is 6.92 Å². The summed E-state index contributed by atoms with van der Waals surface area (Å²) in [5.41, 5.74) is 0.137. The summed E-state index contributed by atoms with van der Waals surface area (Å²) in [6.07, 6.45) is -3.74. The van der Waals surface area contributed by atoms with Crippen molar-refractivity contribution >= 4 is 23.0 Å². The van der Waals surface area contributed by atoms with Crippen LogP contribution < -0.4 is 14.8 Å². The van der Waals surface area contributed by atoms with E-state index in [1.165, 1.54) is 19.1 Å². The van der Waals surface area contributed by atoms with Gasteiger partial charge in [-0.15, -0.1) is 0 Å². The van der Waals surface area contributed by atoms with Crippen molar-refractivity contribution in [3.05, 3.63) is 71.0 Å². The number of Topliss-reactive ketones (excluding diaryl/α,β-unsaturated/α-hetero) is 1. The van der Waals surface area contributed by atoms with Gasteiger partial charge in [0.25, 0.3) is 5.91 Å². The van der Waals surface area contributed by atoms with E-state index in [0.29, 0.717) is 21.6 Å². The Morgan fingerprint density at radius 1 is 1.03 bits per heavy atom. The van der Waals surface area contributed by atoms with Crippen LogP contribution in [0, 0.1) is 6.92 Å². The third-order valence-electron chi connectivity index (χ3n) is 5.49. The molecule has 35 heavy (non-hydrogen) atoms. The Kier molecular flexibility index (Phi) is 5.19. The number of anilines is 1. The summed E-state index contributed by atoms with van der Waals surface area (Å²) in [6, 6.07) is 10.5. The maximum Gasteiger partial charge on any atom is 0.433 e.